The van der Waals surface area contributed by atoms with E-state index in [-0.39, 0.29) is 5.91 Å². The molecule has 1 aromatic heterocycles. The first-order valence-electron chi connectivity index (χ1n) is 11.2. The average molecular weight is 467 g/mol. The van der Waals surface area contributed by atoms with Crippen LogP contribution in [0.5, 0.6) is 5.75 Å². The van der Waals surface area contributed by atoms with Crippen molar-refractivity contribution >= 4 is 15.7 Å². The molecule has 0 unspecified atom stereocenters. The van der Waals surface area contributed by atoms with Gasteiger partial charge >= 0.3 is 0 Å². The second kappa shape index (κ2) is 9.83. The van der Waals surface area contributed by atoms with Crippen LogP contribution < -0.4 is 10.1 Å². The van der Waals surface area contributed by atoms with Gasteiger partial charge in [-0.2, -0.15) is 0 Å². The molecule has 7 heteroatoms. The summed E-state index contributed by atoms with van der Waals surface area (Å²) in [6, 6.07) is 15.0. The van der Waals surface area contributed by atoms with Crippen LogP contribution in [0.2, 0.25) is 0 Å². The number of ether oxygens (including phenoxy) is 1. The summed E-state index contributed by atoms with van der Waals surface area (Å²) in [7, 11) is -1.54. The Morgan fingerprint density at radius 3 is 2.45 bits per heavy atom. The molecule has 174 valence electrons. The van der Waals surface area contributed by atoms with Gasteiger partial charge in [0.15, 0.2) is 9.84 Å². The molecule has 0 aliphatic heterocycles. The van der Waals surface area contributed by atoms with Crippen molar-refractivity contribution in [2.45, 2.75) is 36.5 Å². The monoisotopic (exact) mass is 466 g/mol. The van der Waals surface area contributed by atoms with E-state index >= 15 is 0 Å². The van der Waals surface area contributed by atoms with Crippen molar-refractivity contribution in [2.75, 3.05) is 19.9 Å². The summed E-state index contributed by atoms with van der Waals surface area (Å²) in [5, 5.41) is 3.12. The second-order valence-corrected chi connectivity index (χ2v) is 10.8. The number of H-pyrrole nitrogens is 1. The first-order chi connectivity index (χ1) is 15.8. The van der Waals surface area contributed by atoms with Crippen LogP contribution in [0.15, 0.2) is 65.8 Å². The van der Waals surface area contributed by atoms with Crippen LogP contribution in [0.3, 0.4) is 0 Å². The van der Waals surface area contributed by atoms with E-state index < -0.39 is 9.84 Å². The Labute approximate surface area is 195 Å². The number of carbonyl (C=O) groups excluding carboxylic acids is 1. The summed E-state index contributed by atoms with van der Waals surface area (Å²) in [5.41, 5.74) is 3.61. The molecule has 0 saturated heterocycles. The summed E-state index contributed by atoms with van der Waals surface area (Å²) in [6.45, 7) is 0.654. The molecule has 3 aromatic rings. The Kier molecular flexibility index (Phi) is 6.88. The number of benzene rings is 2. The largest absolute Gasteiger partial charge is 0.497 e. The van der Waals surface area contributed by atoms with Gasteiger partial charge < -0.3 is 15.0 Å². The van der Waals surface area contributed by atoms with E-state index in [0.29, 0.717) is 28.8 Å². The minimum absolute atomic E-state index is 0.0763. The molecule has 1 amide bonds. The summed E-state index contributed by atoms with van der Waals surface area (Å²) in [5.74, 6) is 1.56. The van der Waals surface area contributed by atoms with E-state index in [9.17, 15) is 13.2 Å². The van der Waals surface area contributed by atoms with Crippen molar-refractivity contribution in [3.63, 3.8) is 0 Å². The van der Waals surface area contributed by atoms with Crippen molar-refractivity contribution in [1.29, 1.82) is 0 Å². The SMILES string of the molecule is COc1cccc(-c2c[nH]cc2C(=O)NCC2CCC(c3ccc(S(C)(=O)=O)cc3)CC2)c1. The number of aromatic amines is 1. The van der Waals surface area contributed by atoms with Crippen LogP contribution in [0, 0.1) is 5.92 Å². The first-order valence-corrected chi connectivity index (χ1v) is 13.1. The van der Waals surface area contributed by atoms with Crippen molar-refractivity contribution < 1.29 is 17.9 Å². The third-order valence-corrected chi connectivity index (χ3v) is 7.68. The Hall–Kier alpha value is -3.06. The zero-order valence-electron chi connectivity index (χ0n) is 19.0. The zero-order chi connectivity index (χ0) is 23.4. The molecule has 1 fully saturated rings. The molecule has 0 spiro atoms. The highest BCUT2D eigenvalue weighted by Gasteiger charge is 2.24. The molecule has 1 aliphatic rings. The van der Waals surface area contributed by atoms with Gasteiger partial charge in [-0.1, -0.05) is 24.3 Å². The standard InChI is InChI=1S/C26H30N2O4S/c1-32-22-5-3-4-21(14-22)24-16-27-17-25(24)26(29)28-15-18-6-8-19(9-7-18)20-10-12-23(13-11-20)33(2,30)31/h3-5,10-14,16-19,27H,6-9,15H2,1-2H3,(H,28,29). The van der Waals surface area contributed by atoms with Crippen LogP contribution in [0.1, 0.15) is 47.5 Å². The summed E-state index contributed by atoms with van der Waals surface area (Å²) in [4.78, 5) is 16.3. The van der Waals surface area contributed by atoms with Gasteiger partial charge in [0.25, 0.3) is 5.91 Å². The van der Waals surface area contributed by atoms with Crippen LogP contribution in [-0.4, -0.2) is 39.2 Å². The summed E-state index contributed by atoms with van der Waals surface area (Å²) >= 11 is 0. The summed E-state index contributed by atoms with van der Waals surface area (Å²) in [6.07, 6.45) is 8.96. The lowest BCUT2D eigenvalue weighted by Crippen LogP contribution is -2.31. The number of rotatable bonds is 7. The van der Waals surface area contributed by atoms with Gasteiger partial charge in [-0.05, 0) is 72.9 Å². The maximum atomic E-state index is 12.9. The number of carbonyl (C=O) groups is 1. The molecular formula is C26H30N2O4S. The molecule has 0 bridgehead atoms. The molecule has 2 aromatic carbocycles. The minimum Gasteiger partial charge on any atom is -0.497 e. The fourth-order valence-corrected chi connectivity index (χ4v) is 5.23. The highest BCUT2D eigenvalue weighted by atomic mass is 32.2. The second-order valence-electron chi connectivity index (χ2n) is 8.78. The summed E-state index contributed by atoms with van der Waals surface area (Å²) < 4.78 is 28.6. The van der Waals surface area contributed by atoms with Crippen molar-refractivity contribution in [3.05, 3.63) is 72.1 Å². The van der Waals surface area contributed by atoms with Crippen LogP contribution in [0.4, 0.5) is 0 Å². The zero-order valence-corrected chi connectivity index (χ0v) is 19.8. The lowest BCUT2D eigenvalue weighted by molar-refractivity contribution is 0.0943. The first kappa shape index (κ1) is 23.1. The Morgan fingerprint density at radius 1 is 1.06 bits per heavy atom. The number of sulfone groups is 1. The average Bonchev–Trinajstić information content (AvgIpc) is 3.33. The molecule has 2 N–H and O–H groups in total. The van der Waals surface area contributed by atoms with Gasteiger partial charge in [-0.25, -0.2) is 8.42 Å². The lowest BCUT2D eigenvalue weighted by Gasteiger charge is -2.29. The Bertz CT molecular complexity index is 1210. The fourth-order valence-electron chi connectivity index (χ4n) is 4.60. The number of amides is 1. The van der Waals surface area contributed by atoms with Gasteiger partial charge in [-0.15, -0.1) is 0 Å². The van der Waals surface area contributed by atoms with Gasteiger partial charge in [-0.3, -0.25) is 4.79 Å². The normalized spacial score (nSPS) is 18.6. The van der Waals surface area contributed by atoms with Crippen molar-refractivity contribution in [3.8, 4) is 16.9 Å². The molecule has 6 nitrogen and oxygen atoms in total. The number of hydrogen-bond acceptors (Lipinski definition) is 4. The number of nitrogens with one attached hydrogen (secondary N) is 2. The van der Waals surface area contributed by atoms with Gasteiger partial charge in [0.1, 0.15) is 5.75 Å². The molecule has 0 atom stereocenters. The Morgan fingerprint density at radius 2 is 1.79 bits per heavy atom. The van der Waals surface area contributed by atoms with Crippen LogP contribution >= 0.6 is 0 Å². The smallest absolute Gasteiger partial charge is 0.253 e. The number of hydrogen-bond donors (Lipinski definition) is 2. The van der Waals surface area contributed by atoms with Gasteiger partial charge in [0, 0.05) is 30.8 Å². The molecular weight excluding hydrogens is 436 g/mol. The van der Waals surface area contributed by atoms with Crippen LogP contribution in [0.25, 0.3) is 11.1 Å². The van der Waals surface area contributed by atoms with E-state index in [0.717, 1.165) is 42.6 Å². The highest BCUT2D eigenvalue weighted by molar-refractivity contribution is 7.90. The minimum atomic E-state index is -3.17. The number of aromatic nitrogens is 1. The predicted molar refractivity (Wildman–Crippen MR) is 129 cm³/mol. The highest BCUT2D eigenvalue weighted by Crippen LogP contribution is 2.36. The Balaban J connectivity index is 1.32. The molecule has 1 aliphatic carbocycles. The van der Waals surface area contributed by atoms with Crippen molar-refractivity contribution in [2.24, 2.45) is 5.92 Å². The van der Waals surface area contributed by atoms with Crippen LogP contribution in [-0.2, 0) is 9.84 Å². The lowest BCUT2D eigenvalue weighted by atomic mass is 9.78. The fraction of sp³-hybridized carbons (Fsp3) is 0.346. The third-order valence-electron chi connectivity index (χ3n) is 6.55. The van der Waals surface area contributed by atoms with Gasteiger partial charge in [0.2, 0.25) is 0 Å². The molecule has 1 saturated carbocycles. The topological polar surface area (TPSA) is 88.3 Å². The molecule has 1 heterocycles. The maximum absolute atomic E-state index is 12.9. The predicted octanol–water partition coefficient (Wildman–Crippen LogP) is 4.80. The van der Waals surface area contributed by atoms with E-state index in [1.807, 2.05) is 42.6 Å². The van der Waals surface area contributed by atoms with Crippen molar-refractivity contribution in [1.82, 2.24) is 10.3 Å². The third kappa shape index (κ3) is 5.47. The molecule has 4 rings (SSSR count). The van der Waals surface area contributed by atoms with E-state index in [4.69, 9.17) is 4.74 Å². The van der Waals surface area contributed by atoms with E-state index in [1.165, 1.54) is 11.8 Å². The maximum Gasteiger partial charge on any atom is 0.253 e. The van der Waals surface area contributed by atoms with E-state index in [2.05, 4.69) is 10.3 Å². The quantitative estimate of drug-likeness (QED) is 0.524. The molecule has 33 heavy (non-hydrogen) atoms. The molecule has 0 radical (unpaired) electrons. The van der Waals surface area contributed by atoms with E-state index in [1.54, 1.807) is 25.4 Å². The van der Waals surface area contributed by atoms with Gasteiger partial charge in [0.05, 0.1) is 17.6 Å². The number of methoxy groups -OCH3 is 1.